The zero-order valence-electron chi connectivity index (χ0n) is 16.5. The summed E-state index contributed by atoms with van der Waals surface area (Å²) in [5, 5.41) is 4.12. The summed E-state index contributed by atoms with van der Waals surface area (Å²) in [6.45, 7) is 2.56. The van der Waals surface area contributed by atoms with Crippen molar-refractivity contribution in [1.29, 1.82) is 0 Å². The summed E-state index contributed by atoms with van der Waals surface area (Å²) in [5.74, 6) is 1.58. The smallest absolute Gasteiger partial charge is 0.165 e. The van der Waals surface area contributed by atoms with E-state index in [0.29, 0.717) is 23.6 Å². The molecule has 0 radical (unpaired) electrons. The summed E-state index contributed by atoms with van der Waals surface area (Å²) < 4.78 is 10.7. The van der Waals surface area contributed by atoms with Gasteiger partial charge < -0.3 is 14.8 Å². The van der Waals surface area contributed by atoms with Crippen LogP contribution in [0.5, 0.6) is 11.5 Å². The second-order valence-electron chi connectivity index (χ2n) is 6.56. The second kappa shape index (κ2) is 9.99. The first-order valence-electron chi connectivity index (χ1n) is 9.51. The van der Waals surface area contributed by atoms with Crippen LogP contribution in [0.3, 0.4) is 0 Å². The number of hydrogen-bond acceptors (Lipinski definition) is 4. The van der Waals surface area contributed by atoms with Gasteiger partial charge in [0.1, 0.15) is 11.5 Å². The maximum Gasteiger partial charge on any atom is 0.165 e. The van der Waals surface area contributed by atoms with Crippen molar-refractivity contribution in [3.8, 4) is 11.5 Å². The highest BCUT2D eigenvalue weighted by Crippen LogP contribution is 2.27. The zero-order chi connectivity index (χ0) is 20.6. The van der Waals surface area contributed by atoms with Gasteiger partial charge in [0, 0.05) is 22.7 Å². The molecule has 0 aromatic heterocycles. The number of ether oxygens (including phenoxy) is 2. The van der Waals surface area contributed by atoms with E-state index < -0.39 is 0 Å². The minimum atomic E-state index is -0.193. The lowest BCUT2D eigenvalue weighted by Crippen LogP contribution is -2.16. The standard InChI is InChI=1S/C24H24ClNO3/c1-3-29-22-14-4-17(5-15-22)23(26-20-10-8-19(25)9-11-20)16-24(27)18-6-12-21(28-2)13-7-18/h4-15,23,26H,3,16H2,1-2H3/t23-/m1/s1. The summed E-state index contributed by atoms with van der Waals surface area (Å²) >= 11 is 6.00. The molecule has 0 fully saturated rings. The van der Waals surface area contributed by atoms with Crippen LogP contribution in [-0.4, -0.2) is 19.5 Å². The first-order valence-corrected chi connectivity index (χ1v) is 9.89. The Balaban J connectivity index is 1.82. The van der Waals surface area contributed by atoms with Gasteiger partial charge in [-0.05, 0) is 73.2 Å². The lowest BCUT2D eigenvalue weighted by atomic mass is 9.97. The highest BCUT2D eigenvalue weighted by molar-refractivity contribution is 6.30. The van der Waals surface area contributed by atoms with Crippen LogP contribution in [0.1, 0.15) is 35.3 Å². The number of halogens is 1. The van der Waals surface area contributed by atoms with Gasteiger partial charge in [-0.25, -0.2) is 0 Å². The van der Waals surface area contributed by atoms with Crippen LogP contribution in [0.4, 0.5) is 5.69 Å². The molecule has 3 aromatic rings. The lowest BCUT2D eigenvalue weighted by Gasteiger charge is -2.20. The van der Waals surface area contributed by atoms with Crippen molar-refractivity contribution in [3.05, 3.63) is 88.9 Å². The molecule has 0 bridgehead atoms. The Kier molecular flexibility index (Phi) is 7.14. The summed E-state index contributed by atoms with van der Waals surface area (Å²) in [7, 11) is 1.61. The van der Waals surface area contributed by atoms with Crippen LogP contribution < -0.4 is 14.8 Å². The van der Waals surface area contributed by atoms with Gasteiger partial charge in [-0.2, -0.15) is 0 Å². The molecule has 1 atom stereocenters. The lowest BCUT2D eigenvalue weighted by molar-refractivity contribution is 0.0976. The van der Waals surface area contributed by atoms with Gasteiger partial charge in [-0.3, -0.25) is 4.79 Å². The first-order chi connectivity index (χ1) is 14.1. The number of rotatable bonds is 9. The number of hydrogen-bond donors (Lipinski definition) is 1. The van der Waals surface area contributed by atoms with Gasteiger partial charge >= 0.3 is 0 Å². The number of nitrogens with one attached hydrogen (secondary N) is 1. The van der Waals surface area contributed by atoms with E-state index in [1.54, 1.807) is 31.4 Å². The van der Waals surface area contributed by atoms with Crippen molar-refractivity contribution in [2.45, 2.75) is 19.4 Å². The van der Waals surface area contributed by atoms with Crippen LogP contribution in [0.2, 0.25) is 5.02 Å². The SMILES string of the molecule is CCOc1ccc([C@@H](CC(=O)c2ccc(OC)cc2)Nc2ccc(Cl)cc2)cc1. The average molecular weight is 410 g/mol. The molecule has 1 N–H and O–H groups in total. The maximum atomic E-state index is 12.9. The minimum absolute atomic E-state index is 0.0491. The fourth-order valence-electron chi connectivity index (χ4n) is 3.04. The third-order valence-electron chi connectivity index (χ3n) is 4.58. The fourth-order valence-corrected chi connectivity index (χ4v) is 3.17. The normalized spacial score (nSPS) is 11.6. The van der Waals surface area contributed by atoms with Crippen molar-refractivity contribution in [2.75, 3.05) is 19.0 Å². The van der Waals surface area contributed by atoms with E-state index in [-0.39, 0.29) is 11.8 Å². The number of Topliss-reactive ketones (excluding diaryl/α,β-unsaturated/α-hetero) is 1. The molecule has 3 aromatic carbocycles. The van der Waals surface area contributed by atoms with Crippen LogP contribution >= 0.6 is 11.6 Å². The Labute approximate surface area is 176 Å². The monoisotopic (exact) mass is 409 g/mol. The van der Waals surface area contributed by atoms with Crippen molar-refractivity contribution >= 4 is 23.1 Å². The molecule has 150 valence electrons. The molecule has 3 rings (SSSR count). The minimum Gasteiger partial charge on any atom is -0.497 e. The molecule has 0 aliphatic carbocycles. The number of ketones is 1. The topological polar surface area (TPSA) is 47.6 Å². The van der Waals surface area contributed by atoms with Crippen LogP contribution in [-0.2, 0) is 0 Å². The summed E-state index contributed by atoms with van der Waals surface area (Å²) in [6, 6.07) is 22.3. The van der Waals surface area contributed by atoms with Crippen molar-refractivity contribution in [1.82, 2.24) is 0 Å². The molecule has 0 amide bonds. The third kappa shape index (κ3) is 5.75. The van der Waals surface area contributed by atoms with E-state index in [2.05, 4.69) is 5.32 Å². The van der Waals surface area contributed by atoms with Crippen LogP contribution in [0, 0.1) is 0 Å². The van der Waals surface area contributed by atoms with Gasteiger partial charge in [0.05, 0.1) is 19.8 Å². The molecular weight excluding hydrogens is 386 g/mol. The molecule has 5 heteroatoms. The van der Waals surface area contributed by atoms with Crippen molar-refractivity contribution < 1.29 is 14.3 Å². The summed E-state index contributed by atoms with van der Waals surface area (Å²) in [4.78, 5) is 12.9. The Bertz CT molecular complexity index is 922. The van der Waals surface area contributed by atoms with E-state index in [1.165, 1.54) is 0 Å². The number of methoxy groups -OCH3 is 1. The molecule has 0 saturated carbocycles. The second-order valence-corrected chi connectivity index (χ2v) is 7.00. The predicted molar refractivity (Wildman–Crippen MR) is 117 cm³/mol. The molecular formula is C24H24ClNO3. The molecule has 29 heavy (non-hydrogen) atoms. The quantitative estimate of drug-likeness (QED) is 0.429. The van der Waals surface area contributed by atoms with E-state index in [4.69, 9.17) is 21.1 Å². The van der Waals surface area contributed by atoms with Gasteiger partial charge in [-0.15, -0.1) is 0 Å². The largest absolute Gasteiger partial charge is 0.497 e. The van der Waals surface area contributed by atoms with Crippen molar-refractivity contribution in [2.24, 2.45) is 0 Å². The summed E-state index contributed by atoms with van der Waals surface area (Å²) in [5.41, 5.74) is 2.56. The van der Waals surface area contributed by atoms with Gasteiger partial charge in [0.15, 0.2) is 5.78 Å². The zero-order valence-corrected chi connectivity index (χ0v) is 17.3. The number of anilines is 1. The van der Waals surface area contributed by atoms with Crippen LogP contribution in [0.25, 0.3) is 0 Å². The summed E-state index contributed by atoms with van der Waals surface area (Å²) in [6.07, 6.45) is 0.308. The molecule has 4 nitrogen and oxygen atoms in total. The Morgan fingerprint density at radius 2 is 1.55 bits per heavy atom. The Hall–Kier alpha value is -2.98. The van der Waals surface area contributed by atoms with Crippen molar-refractivity contribution in [3.63, 3.8) is 0 Å². The van der Waals surface area contributed by atoms with Gasteiger partial charge in [0.25, 0.3) is 0 Å². The first kappa shape index (κ1) is 20.7. The van der Waals surface area contributed by atoms with Gasteiger partial charge in [-0.1, -0.05) is 23.7 Å². The molecule has 0 saturated heterocycles. The predicted octanol–water partition coefficient (Wildman–Crippen LogP) is 6.17. The number of benzene rings is 3. The number of carbonyl (C=O) groups excluding carboxylic acids is 1. The molecule has 0 aliphatic heterocycles. The molecule has 0 spiro atoms. The average Bonchev–Trinajstić information content (AvgIpc) is 2.75. The molecule has 0 unspecified atom stereocenters. The maximum absolute atomic E-state index is 12.9. The van der Waals surface area contributed by atoms with E-state index in [9.17, 15) is 4.79 Å². The van der Waals surface area contributed by atoms with E-state index in [1.807, 2.05) is 55.5 Å². The van der Waals surface area contributed by atoms with E-state index >= 15 is 0 Å². The van der Waals surface area contributed by atoms with Gasteiger partial charge in [0.2, 0.25) is 0 Å². The molecule has 0 aliphatic rings. The van der Waals surface area contributed by atoms with E-state index in [0.717, 1.165) is 22.7 Å². The Morgan fingerprint density at radius 3 is 2.14 bits per heavy atom. The highest BCUT2D eigenvalue weighted by Gasteiger charge is 2.18. The Morgan fingerprint density at radius 1 is 0.931 bits per heavy atom. The molecule has 0 heterocycles. The third-order valence-corrected chi connectivity index (χ3v) is 4.83. The fraction of sp³-hybridized carbons (Fsp3) is 0.208. The number of carbonyl (C=O) groups is 1. The highest BCUT2D eigenvalue weighted by atomic mass is 35.5. The van der Waals surface area contributed by atoms with Crippen LogP contribution in [0.15, 0.2) is 72.8 Å².